The molecule has 1 atom stereocenters. The van der Waals surface area contributed by atoms with E-state index in [2.05, 4.69) is 9.71 Å². The summed E-state index contributed by atoms with van der Waals surface area (Å²) in [6, 6.07) is 8.59. The number of fused-ring (bicyclic) bond motifs is 1. The molecule has 0 spiro atoms. The predicted octanol–water partition coefficient (Wildman–Crippen LogP) is 2.88. The Morgan fingerprint density at radius 2 is 1.78 bits per heavy atom. The lowest BCUT2D eigenvalue weighted by Crippen LogP contribution is -2.25. The second-order valence-corrected chi connectivity index (χ2v) is 9.46. The number of esters is 1. The maximum absolute atomic E-state index is 12.6. The van der Waals surface area contributed by atoms with E-state index in [1.54, 1.807) is 37.3 Å². The van der Waals surface area contributed by atoms with E-state index in [0.717, 1.165) is 0 Å². The molecular formula is C19H22N2O5S. The van der Waals surface area contributed by atoms with Gasteiger partial charge in [0, 0.05) is 16.7 Å². The first-order valence-electron chi connectivity index (χ1n) is 8.52. The third kappa shape index (κ3) is 3.75. The minimum atomic E-state index is -3.90. The molecule has 1 aliphatic rings. The van der Waals surface area contributed by atoms with Crippen molar-refractivity contribution < 1.29 is 17.9 Å². The molecule has 3 rings (SSSR count). The van der Waals surface area contributed by atoms with Crippen LogP contribution in [-0.4, -0.2) is 19.4 Å². The number of aromatic amines is 1. The number of carbonyl (C=O) groups excluding carboxylic acids is 1. The van der Waals surface area contributed by atoms with Gasteiger partial charge in [0.1, 0.15) is 11.8 Å². The molecule has 1 aliphatic heterocycles. The molecule has 1 unspecified atom stereocenters. The van der Waals surface area contributed by atoms with Gasteiger partial charge in [0.25, 0.3) is 5.56 Å². The van der Waals surface area contributed by atoms with Gasteiger partial charge >= 0.3 is 5.97 Å². The smallest absolute Gasteiger partial charge is 0.341 e. The van der Waals surface area contributed by atoms with Crippen molar-refractivity contribution in [3.05, 3.63) is 63.1 Å². The van der Waals surface area contributed by atoms with E-state index in [1.807, 2.05) is 20.8 Å². The van der Waals surface area contributed by atoms with Gasteiger partial charge in [-0.15, -0.1) is 0 Å². The van der Waals surface area contributed by atoms with Crippen LogP contribution in [0.1, 0.15) is 54.1 Å². The minimum Gasteiger partial charge on any atom is -0.453 e. The molecular weight excluding hydrogens is 368 g/mol. The van der Waals surface area contributed by atoms with Gasteiger partial charge in [-0.25, -0.2) is 13.2 Å². The van der Waals surface area contributed by atoms with Crippen LogP contribution in [-0.2, 0) is 20.5 Å². The van der Waals surface area contributed by atoms with Crippen molar-refractivity contribution in [2.24, 2.45) is 5.41 Å². The lowest BCUT2D eigenvalue weighted by Gasteiger charge is -2.26. The summed E-state index contributed by atoms with van der Waals surface area (Å²) in [5.74, 6) is -1.01. The summed E-state index contributed by atoms with van der Waals surface area (Å²) in [4.78, 5) is 27.6. The Morgan fingerprint density at radius 3 is 2.37 bits per heavy atom. The lowest BCUT2D eigenvalue weighted by atomic mass is 9.83. The van der Waals surface area contributed by atoms with Crippen LogP contribution in [0.4, 0.5) is 5.69 Å². The Kier molecular flexibility index (Phi) is 4.63. The predicted molar refractivity (Wildman–Crippen MR) is 102 cm³/mol. The van der Waals surface area contributed by atoms with E-state index >= 15 is 0 Å². The molecule has 1 aromatic heterocycles. The largest absolute Gasteiger partial charge is 0.453 e. The first kappa shape index (κ1) is 19.2. The zero-order valence-corrected chi connectivity index (χ0v) is 16.4. The molecule has 2 heterocycles. The summed E-state index contributed by atoms with van der Waals surface area (Å²) < 4.78 is 32.9. The fourth-order valence-corrected chi connectivity index (χ4v) is 4.40. The summed E-state index contributed by atoms with van der Waals surface area (Å²) in [7, 11) is -3.90. The number of aromatic nitrogens is 1. The quantitative estimate of drug-likeness (QED) is 0.781. The van der Waals surface area contributed by atoms with Crippen LogP contribution in [0.15, 0.2) is 35.1 Å². The van der Waals surface area contributed by atoms with Crippen molar-refractivity contribution >= 4 is 21.7 Å². The lowest BCUT2D eigenvalue weighted by molar-refractivity contribution is 0.00759. The van der Waals surface area contributed by atoms with Gasteiger partial charge in [0.15, 0.2) is 0 Å². The SMILES string of the molecule is Cc1[nH]c(=O)c(NS(=O)(=O)Cc2ccccc2)c2c1C(C(C)(C)C)OC2=O. The standard InChI is InChI=1S/C19H22N2O5S/c1-11-13-14(18(23)26-16(13)19(2,3)4)15(17(22)20-11)21-27(24,25)10-12-8-6-5-7-9-12/h5-9,16,21H,10H2,1-4H3,(H,20,22). The van der Waals surface area contributed by atoms with Crippen molar-refractivity contribution in [1.82, 2.24) is 4.98 Å². The molecule has 0 amide bonds. The molecule has 0 saturated carbocycles. The van der Waals surface area contributed by atoms with Gasteiger partial charge in [0.2, 0.25) is 10.0 Å². The van der Waals surface area contributed by atoms with Gasteiger partial charge in [-0.1, -0.05) is 51.1 Å². The molecule has 0 saturated heterocycles. The molecule has 0 aliphatic carbocycles. The van der Waals surface area contributed by atoms with E-state index < -0.39 is 33.1 Å². The van der Waals surface area contributed by atoms with Gasteiger partial charge in [-0.3, -0.25) is 9.52 Å². The van der Waals surface area contributed by atoms with Crippen LogP contribution in [0.5, 0.6) is 0 Å². The molecule has 0 radical (unpaired) electrons. The zero-order chi connectivity index (χ0) is 20.0. The molecule has 0 fully saturated rings. The number of anilines is 1. The van der Waals surface area contributed by atoms with Crippen molar-refractivity contribution in [1.29, 1.82) is 0 Å². The minimum absolute atomic E-state index is 0.00666. The topological polar surface area (TPSA) is 105 Å². The van der Waals surface area contributed by atoms with Crippen molar-refractivity contribution in [3.63, 3.8) is 0 Å². The molecule has 8 heteroatoms. The Morgan fingerprint density at radius 1 is 1.15 bits per heavy atom. The maximum atomic E-state index is 12.6. The summed E-state index contributed by atoms with van der Waals surface area (Å²) in [5.41, 5.74) is 0.200. The summed E-state index contributed by atoms with van der Waals surface area (Å²) in [6.07, 6.45) is -0.575. The maximum Gasteiger partial charge on any atom is 0.341 e. The molecule has 144 valence electrons. The number of carbonyl (C=O) groups is 1. The number of pyridine rings is 1. The number of aryl methyl sites for hydroxylation is 1. The number of ether oxygens (including phenoxy) is 1. The Balaban J connectivity index is 2.06. The van der Waals surface area contributed by atoms with Crippen LogP contribution in [0, 0.1) is 12.3 Å². The second-order valence-electron chi connectivity index (χ2n) is 7.74. The summed E-state index contributed by atoms with van der Waals surface area (Å²) in [5, 5.41) is 0. The molecule has 1 aromatic carbocycles. The fraction of sp³-hybridized carbons (Fsp3) is 0.368. The third-order valence-electron chi connectivity index (χ3n) is 4.39. The molecule has 27 heavy (non-hydrogen) atoms. The van der Waals surface area contributed by atoms with Crippen molar-refractivity contribution in [2.45, 2.75) is 39.6 Å². The highest BCUT2D eigenvalue weighted by molar-refractivity contribution is 7.91. The average molecular weight is 390 g/mol. The van der Waals surface area contributed by atoms with Gasteiger partial charge in [-0.05, 0) is 12.5 Å². The molecule has 7 nitrogen and oxygen atoms in total. The van der Waals surface area contributed by atoms with Gasteiger partial charge in [0.05, 0.1) is 11.3 Å². The highest BCUT2D eigenvalue weighted by Gasteiger charge is 2.43. The Hall–Kier alpha value is -2.61. The number of hydrogen-bond acceptors (Lipinski definition) is 5. The molecule has 0 bridgehead atoms. The Labute approximate surface area is 157 Å². The van der Waals surface area contributed by atoms with E-state index in [4.69, 9.17) is 4.74 Å². The van der Waals surface area contributed by atoms with Gasteiger partial charge < -0.3 is 9.72 Å². The highest BCUT2D eigenvalue weighted by atomic mass is 32.2. The fourth-order valence-electron chi connectivity index (χ4n) is 3.19. The number of hydrogen-bond donors (Lipinski definition) is 2. The number of cyclic esters (lactones) is 1. The van der Waals surface area contributed by atoms with Gasteiger partial charge in [-0.2, -0.15) is 0 Å². The normalized spacial score (nSPS) is 16.7. The van der Waals surface area contributed by atoms with Crippen molar-refractivity contribution in [2.75, 3.05) is 4.72 Å². The van der Waals surface area contributed by atoms with E-state index in [9.17, 15) is 18.0 Å². The van der Waals surface area contributed by atoms with E-state index in [0.29, 0.717) is 16.8 Å². The highest BCUT2D eigenvalue weighted by Crippen LogP contribution is 2.45. The molecule has 2 aromatic rings. The van der Waals surface area contributed by atoms with Crippen LogP contribution < -0.4 is 10.3 Å². The summed E-state index contributed by atoms with van der Waals surface area (Å²) in [6.45, 7) is 7.39. The van der Waals surface area contributed by atoms with Crippen LogP contribution in [0.3, 0.4) is 0 Å². The first-order chi connectivity index (χ1) is 12.5. The monoisotopic (exact) mass is 390 g/mol. The van der Waals surface area contributed by atoms with Crippen LogP contribution in [0.2, 0.25) is 0 Å². The molecule has 2 N–H and O–H groups in total. The van der Waals surface area contributed by atoms with Crippen LogP contribution in [0.25, 0.3) is 0 Å². The number of H-pyrrole nitrogens is 1. The number of benzene rings is 1. The first-order valence-corrected chi connectivity index (χ1v) is 10.2. The summed E-state index contributed by atoms with van der Waals surface area (Å²) >= 11 is 0. The van der Waals surface area contributed by atoms with Crippen LogP contribution >= 0.6 is 0 Å². The number of nitrogens with one attached hydrogen (secondary N) is 2. The number of rotatable bonds is 4. The third-order valence-corrected chi connectivity index (χ3v) is 5.61. The zero-order valence-electron chi connectivity index (χ0n) is 15.6. The van der Waals surface area contributed by atoms with E-state index in [-0.39, 0.29) is 17.0 Å². The average Bonchev–Trinajstić information content (AvgIpc) is 2.90. The number of sulfonamides is 1. The second kappa shape index (κ2) is 6.53. The van der Waals surface area contributed by atoms with Crippen molar-refractivity contribution in [3.8, 4) is 0 Å². The Bertz CT molecular complexity index is 1050. The van der Waals surface area contributed by atoms with E-state index in [1.165, 1.54) is 0 Å².